The van der Waals surface area contributed by atoms with Gasteiger partial charge in [0.15, 0.2) is 13.6 Å². The molecule has 0 aromatic heterocycles. The van der Waals surface area contributed by atoms with Gasteiger partial charge in [-0.1, -0.05) is 15.9 Å². The average molecular weight is 291 g/mol. The van der Waals surface area contributed by atoms with Crippen molar-refractivity contribution in [1.29, 1.82) is 0 Å². The van der Waals surface area contributed by atoms with Crippen molar-refractivity contribution in [2.45, 2.75) is 6.92 Å². The molecule has 1 aromatic carbocycles. The van der Waals surface area contributed by atoms with Crippen LogP contribution in [0.25, 0.3) is 0 Å². The van der Waals surface area contributed by atoms with E-state index in [0.717, 1.165) is 21.5 Å². The predicted octanol–water partition coefficient (Wildman–Crippen LogP) is 2.72. The number of ether oxygens (including phenoxy) is 4. The van der Waals surface area contributed by atoms with E-state index in [1.165, 1.54) is 0 Å². The van der Waals surface area contributed by atoms with Crippen molar-refractivity contribution in [2.24, 2.45) is 0 Å². The van der Waals surface area contributed by atoms with Crippen molar-refractivity contribution >= 4 is 15.9 Å². The molecule has 0 amide bonds. The summed E-state index contributed by atoms with van der Waals surface area (Å²) in [7, 11) is 3.16. The SMILES string of the molecule is COCOc1cc(Br)cc(OCOC)c1C. The Labute approximate surface area is 104 Å². The van der Waals surface area contributed by atoms with Crippen LogP contribution in [0.3, 0.4) is 0 Å². The first kappa shape index (κ1) is 13.3. The lowest BCUT2D eigenvalue weighted by atomic mass is 10.2. The molecule has 1 aromatic rings. The molecule has 0 aliphatic rings. The van der Waals surface area contributed by atoms with Crippen molar-refractivity contribution in [3.05, 3.63) is 22.2 Å². The molecule has 0 spiro atoms. The zero-order chi connectivity index (χ0) is 12.0. The molecule has 0 radical (unpaired) electrons. The Kier molecular flexibility index (Phi) is 5.59. The van der Waals surface area contributed by atoms with Crippen LogP contribution in [-0.4, -0.2) is 27.8 Å². The first-order valence-electron chi connectivity index (χ1n) is 4.72. The minimum atomic E-state index is 0.209. The Bertz CT molecular complexity index is 312. The zero-order valence-electron chi connectivity index (χ0n) is 9.58. The summed E-state index contributed by atoms with van der Waals surface area (Å²) in [6.45, 7) is 2.34. The van der Waals surface area contributed by atoms with Crippen LogP contribution >= 0.6 is 15.9 Å². The zero-order valence-corrected chi connectivity index (χ0v) is 11.2. The van der Waals surface area contributed by atoms with E-state index in [4.69, 9.17) is 18.9 Å². The summed E-state index contributed by atoms with van der Waals surface area (Å²) in [5.41, 5.74) is 0.914. The molecular weight excluding hydrogens is 276 g/mol. The van der Waals surface area contributed by atoms with Gasteiger partial charge in [-0.15, -0.1) is 0 Å². The van der Waals surface area contributed by atoms with E-state index in [1.807, 2.05) is 19.1 Å². The molecule has 0 aliphatic heterocycles. The van der Waals surface area contributed by atoms with E-state index >= 15 is 0 Å². The van der Waals surface area contributed by atoms with E-state index in [9.17, 15) is 0 Å². The molecular formula is C11H15BrO4. The molecule has 90 valence electrons. The molecule has 16 heavy (non-hydrogen) atoms. The minimum Gasteiger partial charge on any atom is -0.467 e. The maximum atomic E-state index is 5.41. The maximum absolute atomic E-state index is 5.41. The minimum absolute atomic E-state index is 0.209. The molecule has 0 fully saturated rings. The van der Waals surface area contributed by atoms with Crippen LogP contribution in [0.2, 0.25) is 0 Å². The van der Waals surface area contributed by atoms with Crippen molar-refractivity contribution in [3.8, 4) is 11.5 Å². The van der Waals surface area contributed by atoms with Gasteiger partial charge in [-0.25, -0.2) is 0 Å². The molecule has 0 atom stereocenters. The average Bonchev–Trinajstić information content (AvgIpc) is 2.28. The van der Waals surface area contributed by atoms with Gasteiger partial charge in [0, 0.05) is 24.3 Å². The fourth-order valence-corrected chi connectivity index (χ4v) is 1.59. The monoisotopic (exact) mass is 290 g/mol. The molecule has 0 heterocycles. The topological polar surface area (TPSA) is 36.9 Å². The van der Waals surface area contributed by atoms with E-state index in [-0.39, 0.29) is 13.6 Å². The highest BCUT2D eigenvalue weighted by atomic mass is 79.9. The van der Waals surface area contributed by atoms with E-state index in [1.54, 1.807) is 14.2 Å². The van der Waals surface area contributed by atoms with Crippen molar-refractivity contribution in [3.63, 3.8) is 0 Å². The maximum Gasteiger partial charge on any atom is 0.188 e. The fourth-order valence-electron chi connectivity index (χ4n) is 1.17. The van der Waals surface area contributed by atoms with Crippen LogP contribution in [0.4, 0.5) is 0 Å². The van der Waals surface area contributed by atoms with Crippen LogP contribution in [-0.2, 0) is 9.47 Å². The first-order valence-corrected chi connectivity index (χ1v) is 5.52. The number of hydrogen-bond acceptors (Lipinski definition) is 4. The Morgan fingerprint density at radius 1 is 1.00 bits per heavy atom. The Balaban J connectivity index is 2.86. The van der Waals surface area contributed by atoms with E-state index < -0.39 is 0 Å². The first-order chi connectivity index (χ1) is 7.69. The molecule has 0 bridgehead atoms. The quantitative estimate of drug-likeness (QED) is 0.755. The third-order valence-electron chi connectivity index (χ3n) is 1.94. The summed E-state index contributed by atoms with van der Waals surface area (Å²) in [5.74, 6) is 1.45. The van der Waals surface area contributed by atoms with Gasteiger partial charge in [0.25, 0.3) is 0 Å². The predicted molar refractivity (Wildman–Crippen MR) is 63.9 cm³/mol. The van der Waals surface area contributed by atoms with Crippen molar-refractivity contribution in [2.75, 3.05) is 27.8 Å². The Hall–Kier alpha value is -0.780. The van der Waals surface area contributed by atoms with Gasteiger partial charge < -0.3 is 18.9 Å². The van der Waals surface area contributed by atoms with Crippen molar-refractivity contribution in [1.82, 2.24) is 0 Å². The van der Waals surface area contributed by atoms with Crippen LogP contribution in [0, 0.1) is 6.92 Å². The van der Waals surface area contributed by atoms with Crippen molar-refractivity contribution < 1.29 is 18.9 Å². The molecule has 0 saturated heterocycles. The summed E-state index contributed by atoms with van der Waals surface area (Å²) >= 11 is 3.39. The molecule has 1 rings (SSSR count). The van der Waals surface area contributed by atoms with E-state index in [2.05, 4.69) is 15.9 Å². The normalized spacial score (nSPS) is 10.2. The third kappa shape index (κ3) is 3.66. The molecule has 0 saturated carbocycles. The number of benzene rings is 1. The highest BCUT2D eigenvalue weighted by Crippen LogP contribution is 2.32. The van der Waals surface area contributed by atoms with Gasteiger partial charge >= 0.3 is 0 Å². The summed E-state index contributed by atoms with van der Waals surface area (Å²) in [6.07, 6.45) is 0. The second kappa shape index (κ2) is 6.73. The standard InChI is InChI=1S/C11H15BrO4/c1-8-10(15-6-13-2)4-9(12)5-11(8)16-7-14-3/h4-5H,6-7H2,1-3H3. The van der Waals surface area contributed by atoms with Crippen LogP contribution in [0.1, 0.15) is 5.56 Å². The van der Waals surface area contributed by atoms with Gasteiger partial charge in [-0.3, -0.25) is 0 Å². The number of hydrogen-bond donors (Lipinski definition) is 0. The lowest BCUT2D eigenvalue weighted by molar-refractivity contribution is 0.0450. The summed E-state index contributed by atoms with van der Waals surface area (Å²) in [4.78, 5) is 0. The number of halogens is 1. The van der Waals surface area contributed by atoms with Crippen LogP contribution in [0.15, 0.2) is 16.6 Å². The highest BCUT2D eigenvalue weighted by Gasteiger charge is 2.08. The van der Waals surface area contributed by atoms with Gasteiger partial charge in [-0.2, -0.15) is 0 Å². The third-order valence-corrected chi connectivity index (χ3v) is 2.40. The molecule has 5 heteroatoms. The summed E-state index contributed by atoms with van der Waals surface area (Å²) in [6, 6.07) is 3.74. The Morgan fingerprint density at radius 3 is 1.81 bits per heavy atom. The lowest BCUT2D eigenvalue weighted by Gasteiger charge is -2.13. The van der Waals surface area contributed by atoms with Crippen LogP contribution < -0.4 is 9.47 Å². The number of methoxy groups -OCH3 is 2. The van der Waals surface area contributed by atoms with Gasteiger partial charge in [0.05, 0.1) is 0 Å². The van der Waals surface area contributed by atoms with Gasteiger partial charge in [-0.05, 0) is 19.1 Å². The molecule has 0 aliphatic carbocycles. The largest absolute Gasteiger partial charge is 0.467 e. The molecule has 0 N–H and O–H groups in total. The second-order valence-corrected chi connectivity index (χ2v) is 4.04. The number of rotatable bonds is 6. The van der Waals surface area contributed by atoms with E-state index in [0.29, 0.717) is 0 Å². The van der Waals surface area contributed by atoms with Crippen LogP contribution in [0.5, 0.6) is 11.5 Å². The second-order valence-electron chi connectivity index (χ2n) is 3.13. The smallest absolute Gasteiger partial charge is 0.188 e. The summed E-state index contributed by atoms with van der Waals surface area (Å²) in [5, 5.41) is 0. The summed E-state index contributed by atoms with van der Waals surface area (Å²) < 4.78 is 21.4. The lowest BCUT2D eigenvalue weighted by Crippen LogP contribution is -2.04. The van der Waals surface area contributed by atoms with Gasteiger partial charge in [0.1, 0.15) is 11.5 Å². The van der Waals surface area contributed by atoms with Gasteiger partial charge in [0.2, 0.25) is 0 Å². The molecule has 0 unspecified atom stereocenters. The Morgan fingerprint density at radius 2 is 1.44 bits per heavy atom. The fraction of sp³-hybridized carbons (Fsp3) is 0.455. The highest BCUT2D eigenvalue weighted by molar-refractivity contribution is 9.10. The molecule has 4 nitrogen and oxygen atoms in total.